The molecule has 0 aromatic heterocycles. The summed E-state index contributed by atoms with van der Waals surface area (Å²) in [5.41, 5.74) is 8.40. The molecule has 1 radical (unpaired) electrons. The molecule has 12 rings (SSSR count). The average molecular weight is 1280 g/mol. The fourth-order valence-electron chi connectivity index (χ4n) is 13.1. The Morgan fingerprint density at radius 2 is 0.205 bits per heavy atom. The van der Waals surface area contributed by atoms with Gasteiger partial charge in [-0.2, -0.15) is 0 Å². The molecule has 12 aromatic carbocycles. The van der Waals surface area contributed by atoms with Gasteiger partial charge in [-0.1, -0.05) is 466 Å². The van der Waals surface area contributed by atoms with Gasteiger partial charge in [0.1, 0.15) is 0 Å². The van der Waals surface area contributed by atoms with E-state index in [0.717, 1.165) is 0 Å². The van der Waals surface area contributed by atoms with Gasteiger partial charge in [0.05, 0.1) is 0 Å². The zero-order valence-electron chi connectivity index (χ0n) is 51.8. The van der Waals surface area contributed by atoms with E-state index in [9.17, 15) is 0 Å². The Morgan fingerprint density at radius 3 is 0.273 bits per heavy atom. The Bertz CT molecular complexity index is 3020. The smallest absolute Gasteiger partial charge is 0.309 e. The number of benzene rings is 12. The third-order valence-corrected chi connectivity index (χ3v) is 50.5. The molecular formula is C81H81CrSi6. The van der Waals surface area contributed by atoms with Crippen LogP contribution >= 0.6 is 0 Å². The van der Waals surface area contributed by atoms with Crippen molar-refractivity contribution < 1.29 is 17.4 Å². The van der Waals surface area contributed by atoms with Gasteiger partial charge in [-0.05, 0) is 48.4 Å². The van der Waals surface area contributed by atoms with Gasteiger partial charge in [-0.15, -0.1) is 0 Å². The van der Waals surface area contributed by atoms with Crippen molar-refractivity contribution in [2.45, 2.75) is 39.3 Å². The summed E-state index contributed by atoms with van der Waals surface area (Å²) in [4.78, 5) is 0. The zero-order valence-corrected chi connectivity index (χ0v) is 59.1. The van der Waals surface area contributed by atoms with E-state index in [1.807, 2.05) is 0 Å². The quantitative estimate of drug-likeness (QED) is 0.0593. The van der Waals surface area contributed by atoms with Crippen LogP contribution < -0.4 is 62.2 Å². The van der Waals surface area contributed by atoms with Crippen LogP contribution in [0.4, 0.5) is 0 Å². The Labute approximate surface area is 544 Å². The first-order valence-electron chi connectivity index (χ1n) is 30.7. The molecule has 0 amide bonds. The summed E-state index contributed by atoms with van der Waals surface area (Å²) in [5, 5.41) is 17.6. The van der Waals surface area contributed by atoms with Crippen LogP contribution in [0.2, 0.25) is 39.3 Å². The molecule has 0 spiro atoms. The summed E-state index contributed by atoms with van der Waals surface area (Å²) in [6, 6.07) is 133. The first kappa shape index (κ1) is 64.9. The van der Waals surface area contributed by atoms with Gasteiger partial charge in [0, 0.05) is 0 Å². The van der Waals surface area contributed by atoms with Gasteiger partial charge in [-0.25, -0.2) is 0 Å². The topological polar surface area (TPSA) is 0 Å². The van der Waals surface area contributed by atoms with E-state index in [0.29, 0.717) is 0 Å². The van der Waals surface area contributed by atoms with Crippen LogP contribution in [0.25, 0.3) is 0 Å². The first-order chi connectivity index (χ1) is 42.4. The molecule has 7 heteroatoms. The van der Waals surface area contributed by atoms with Crippen molar-refractivity contribution in [3.8, 4) is 0 Å². The van der Waals surface area contributed by atoms with Crippen LogP contribution in [-0.2, 0) is 17.4 Å². The van der Waals surface area contributed by atoms with Crippen molar-refractivity contribution in [2.24, 2.45) is 0 Å². The minimum Gasteiger partial charge on any atom is -0.309 e. The normalized spacial score (nSPS) is 11.8. The van der Waals surface area contributed by atoms with Gasteiger partial charge >= 0.3 is 17.4 Å². The van der Waals surface area contributed by atoms with Gasteiger partial charge in [0.15, 0.2) is 0 Å². The third kappa shape index (κ3) is 14.8. The molecule has 0 N–H and O–H groups in total. The second-order valence-electron chi connectivity index (χ2n) is 24.0. The van der Waals surface area contributed by atoms with Gasteiger partial charge in [0.25, 0.3) is 0 Å². The van der Waals surface area contributed by atoms with Crippen LogP contribution in [0.1, 0.15) is 0 Å². The van der Waals surface area contributed by atoms with Crippen molar-refractivity contribution in [1.82, 2.24) is 0 Å². The molecule has 0 saturated carbocycles. The van der Waals surface area contributed by atoms with Crippen molar-refractivity contribution in [3.63, 3.8) is 0 Å². The van der Waals surface area contributed by atoms with Gasteiger partial charge in [-0.3, -0.25) is 0 Å². The molecule has 88 heavy (non-hydrogen) atoms. The van der Waals surface area contributed by atoms with E-state index in [1.54, 1.807) is 0 Å². The summed E-state index contributed by atoms with van der Waals surface area (Å²) < 4.78 is 0. The number of hydrogen-bond donors (Lipinski definition) is 0. The standard InChI is InChI=1S/3C27H27Si2.Cr/c3*1-28(24-15-7-3-8-16-24,25-17-9-4-10-18-25)23-29(2,26-19-11-5-12-20-26)27-21-13-6-14-22-27;/h3*3-23H,1-2H3;/q3*-1;+3. The van der Waals surface area contributed by atoms with E-state index in [2.05, 4.69) is 420 Å². The summed E-state index contributed by atoms with van der Waals surface area (Å²) in [5.74, 6) is 0. The SMILES string of the molecule is C[Si]([CH-][Si](C)(c1ccccc1)c1ccccc1)(c1ccccc1)c1ccccc1.C[Si]([CH-][Si](C)(c1ccccc1)c1ccccc1)(c1ccccc1)c1ccccc1.C[Si]([CH-][Si](C)(c1ccccc1)c1ccccc1)(c1ccccc1)c1ccccc1.[Cr+3]. The molecule has 12 aromatic rings. The van der Waals surface area contributed by atoms with Gasteiger partial charge < -0.3 is 17.0 Å². The number of hydrogen-bond acceptors (Lipinski definition) is 0. The number of rotatable bonds is 18. The molecule has 0 aliphatic rings. The molecule has 0 aliphatic heterocycles. The van der Waals surface area contributed by atoms with Crippen LogP contribution in [0.3, 0.4) is 0 Å². The van der Waals surface area contributed by atoms with Crippen LogP contribution in [-0.4, -0.2) is 48.4 Å². The fraction of sp³-hybridized carbons (Fsp3) is 0.0741. The Balaban J connectivity index is 0.000000156. The molecule has 0 nitrogen and oxygen atoms in total. The maximum Gasteiger partial charge on any atom is 3.00 e. The minimum absolute atomic E-state index is 0. The van der Waals surface area contributed by atoms with E-state index in [4.69, 9.17) is 0 Å². The average Bonchev–Trinajstić information content (AvgIpc) is 3.22. The molecule has 0 unspecified atom stereocenters. The van der Waals surface area contributed by atoms with Crippen LogP contribution in [0.5, 0.6) is 0 Å². The van der Waals surface area contributed by atoms with E-state index >= 15 is 0 Å². The van der Waals surface area contributed by atoms with Gasteiger partial charge in [0.2, 0.25) is 0 Å². The minimum atomic E-state index is -2.07. The van der Waals surface area contributed by atoms with Crippen LogP contribution in [0, 0.1) is 17.0 Å². The second kappa shape index (κ2) is 30.1. The molecule has 0 bridgehead atoms. The second-order valence-corrected chi connectivity index (χ2v) is 48.9. The molecule has 0 fully saturated rings. The molecule has 0 saturated heterocycles. The van der Waals surface area contributed by atoms with Crippen LogP contribution in [0.15, 0.2) is 364 Å². The van der Waals surface area contributed by atoms with Crippen molar-refractivity contribution in [1.29, 1.82) is 0 Å². The Hall–Kier alpha value is -7.53. The van der Waals surface area contributed by atoms with E-state index in [1.165, 1.54) is 62.2 Å². The largest absolute Gasteiger partial charge is 3.00 e. The summed E-state index contributed by atoms with van der Waals surface area (Å²) in [6.07, 6.45) is 0. The third-order valence-electron chi connectivity index (χ3n) is 18.2. The maximum absolute atomic E-state index is 2.80. The van der Waals surface area contributed by atoms with Crippen molar-refractivity contribution >= 4 is 111 Å². The van der Waals surface area contributed by atoms with Crippen molar-refractivity contribution in [2.75, 3.05) is 0 Å². The molecule has 0 aliphatic carbocycles. The predicted molar refractivity (Wildman–Crippen MR) is 396 cm³/mol. The van der Waals surface area contributed by atoms with E-state index in [-0.39, 0.29) is 17.4 Å². The zero-order chi connectivity index (χ0) is 60.5. The summed E-state index contributed by atoms with van der Waals surface area (Å²) >= 11 is 0. The summed E-state index contributed by atoms with van der Waals surface area (Å²) in [7, 11) is -12.4. The molecule has 435 valence electrons. The van der Waals surface area contributed by atoms with E-state index < -0.39 is 48.4 Å². The first-order valence-corrected chi connectivity index (χ1v) is 46.1. The van der Waals surface area contributed by atoms with Crippen molar-refractivity contribution in [3.05, 3.63) is 381 Å². The molecule has 0 atom stereocenters. The maximum atomic E-state index is 2.80. The predicted octanol–water partition coefficient (Wildman–Crippen LogP) is 12.2. The summed E-state index contributed by atoms with van der Waals surface area (Å²) in [6.45, 7) is 15.1. The Kier molecular flexibility index (Phi) is 22.2. The monoisotopic (exact) mass is 1270 g/mol. The Morgan fingerprint density at radius 1 is 0.136 bits per heavy atom. The molecule has 0 heterocycles. The molecular weight excluding hydrogens is 1190 g/mol. The fourth-order valence-corrected chi connectivity index (χ4v) is 47.6.